The van der Waals surface area contributed by atoms with Gasteiger partial charge in [-0.1, -0.05) is 13.3 Å². The van der Waals surface area contributed by atoms with Crippen LogP contribution in [0.2, 0.25) is 0 Å². The molecule has 0 unspecified atom stereocenters. The first-order valence-electron chi connectivity index (χ1n) is 8.21. The number of carbonyl (C=O) groups excluding carboxylic acids is 1. The fourth-order valence-electron chi connectivity index (χ4n) is 2.04. The van der Waals surface area contributed by atoms with Gasteiger partial charge in [0, 0.05) is 10.7 Å². The Bertz CT molecular complexity index is 728. The second-order valence-electron chi connectivity index (χ2n) is 5.27. The summed E-state index contributed by atoms with van der Waals surface area (Å²) in [5.74, 6) is 1.07. The fourth-order valence-corrected chi connectivity index (χ4v) is 2.39. The minimum atomic E-state index is -0.313. The Kier molecular flexibility index (Phi) is 7.53. The van der Waals surface area contributed by atoms with Crippen LogP contribution in [0.4, 0.5) is 0 Å². The van der Waals surface area contributed by atoms with Gasteiger partial charge in [0.2, 0.25) is 0 Å². The van der Waals surface area contributed by atoms with Crippen LogP contribution < -0.4 is 14.9 Å². The van der Waals surface area contributed by atoms with Gasteiger partial charge >= 0.3 is 0 Å². The number of rotatable bonds is 9. The van der Waals surface area contributed by atoms with Gasteiger partial charge in [-0.05, 0) is 59.1 Å². The van der Waals surface area contributed by atoms with Crippen molar-refractivity contribution in [3.8, 4) is 11.5 Å². The van der Waals surface area contributed by atoms with Gasteiger partial charge in [-0.15, -0.1) is 0 Å². The van der Waals surface area contributed by atoms with Gasteiger partial charge in [-0.25, -0.2) is 5.43 Å². The molecule has 0 aliphatic heterocycles. The van der Waals surface area contributed by atoms with Crippen LogP contribution in [0, 0.1) is 0 Å². The van der Waals surface area contributed by atoms with Crippen LogP contribution in [0.15, 0.2) is 40.0 Å². The van der Waals surface area contributed by atoms with Gasteiger partial charge in [0.25, 0.3) is 5.91 Å². The summed E-state index contributed by atoms with van der Waals surface area (Å²) in [6.45, 7) is 5.24. The lowest BCUT2D eigenvalue weighted by molar-refractivity contribution is 0.0951. The molecule has 134 valence electrons. The molecule has 0 aliphatic carbocycles. The van der Waals surface area contributed by atoms with Crippen LogP contribution in [0.3, 0.4) is 0 Å². The summed E-state index contributed by atoms with van der Waals surface area (Å²) in [6, 6.07) is 7.24. The zero-order chi connectivity index (χ0) is 18.1. The first-order chi connectivity index (χ1) is 12.1. The molecule has 2 aromatic rings. The van der Waals surface area contributed by atoms with E-state index in [1.165, 1.54) is 0 Å². The Labute approximate surface area is 155 Å². The number of nitrogens with zero attached hydrogens (tertiary/aromatic N) is 1. The van der Waals surface area contributed by atoms with Crippen molar-refractivity contribution in [3.05, 3.63) is 46.2 Å². The van der Waals surface area contributed by atoms with E-state index in [1.54, 1.807) is 18.5 Å². The van der Waals surface area contributed by atoms with Crippen LogP contribution in [0.5, 0.6) is 11.5 Å². The van der Waals surface area contributed by atoms with E-state index in [0.29, 0.717) is 30.4 Å². The second-order valence-corrected chi connectivity index (χ2v) is 6.19. The maximum atomic E-state index is 11.9. The summed E-state index contributed by atoms with van der Waals surface area (Å²) in [6.07, 6.45) is 5.32. The van der Waals surface area contributed by atoms with Crippen molar-refractivity contribution in [1.29, 1.82) is 0 Å². The Morgan fingerprint density at radius 1 is 1.28 bits per heavy atom. The molecule has 7 heteroatoms. The van der Waals surface area contributed by atoms with Gasteiger partial charge in [-0.3, -0.25) is 4.79 Å². The number of H-pyrrole nitrogens is 1. The van der Waals surface area contributed by atoms with Crippen molar-refractivity contribution in [2.45, 2.75) is 26.7 Å². The molecule has 0 atom stereocenters. The average Bonchev–Trinajstić information content (AvgIpc) is 3.03. The maximum Gasteiger partial charge on any atom is 0.287 e. The van der Waals surface area contributed by atoms with Crippen LogP contribution in [-0.4, -0.2) is 30.3 Å². The van der Waals surface area contributed by atoms with Gasteiger partial charge in [0.05, 0.1) is 19.4 Å². The van der Waals surface area contributed by atoms with Crippen LogP contribution in [0.1, 0.15) is 42.7 Å². The van der Waals surface area contributed by atoms with E-state index in [2.05, 4.69) is 38.4 Å². The molecule has 0 saturated heterocycles. The van der Waals surface area contributed by atoms with Crippen LogP contribution in [-0.2, 0) is 0 Å². The molecular weight excluding hydrogens is 386 g/mol. The van der Waals surface area contributed by atoms with Gasteiger partial charge in [-0.2, -0.15) is 5.10 Å². The third-order valence-electron chi connectivity index (χ3n) is 3.30. The quantitative estimate of drug-likeness (QED) is 0.372. The summed E-state index contributed by atoms with van der Waals surface area (Å²) in [5.41, 5.74) is 3.71. The van der Waals surface area contributed by atoms with E-state index in [0.717, 1.165) is 22.9 Å². The number of benzene rings is 1. The van der Waals surface area contributed by atoms with Crippen molar-refractivity contribution in [1.82, 2.24) is 10.4 Å². The average molecular weight is 408 g/mol. The number of carbonyl (C=O) groups is 1. The first-order valence-corrected chi connectivity index (χ1v) is 9.00. The zero-order valence-electron chi connectivity index (χ0n) is 14.3. The van der Waals surface area contributed by atoms with Crippen molar-refractivity contribution in [2.75, 3.05) is 13.2 Å². The molecule has 0 spiro atoms. The highest BCUT2D eigenvalue weighted by molar-refractivity contribution is 9.10. The Morgan fingerprint density at radius 3 is 2.80 bits per heavy atom. The number of hydrogen-bond acceptors (Lipinski definition) is 4. The van der Waals surface area contributed by atoms with Gasteiger partial charge < -0.3 is 14.5 Å². The van der Waals surface area contributed by atoms with Crippen molar-refractivity contribution >= 4 is 28.1 Å². The number of hydrazone groups is 1. The summed E-state index contributed by atoms with van der Waals surface area (Å²) < 4.78 is 12.2. The largest absolute Gasteiger partial charge is 0.490 e. The molecule has 2 N–H and O–H groups in total. The molecule has 1 amide bonds. The molecule has 1 aromatic carbocycles. The zero-order valence-corrected chi connectivity index (χ0v) is 15.9. The molecule has 25 heavy (non-hydrogen) atoms. The molecule has 0 fully saturated rings. The lowest BCUT2D eigenvalue weighted by atomic mass is 10.2. The van der Waals surface area contributed by atoms with E-state index < -0.39 is 0 Å². The fraction of sp³-hybridized carbons (Fsp3) is 0.333. The lowest BCUT2D eigenvalue weighted by Gasteiger charge is -2.12. The third-order valence-corrected chi connectivity index (χ3v) is 3.75. The van der Waals surface area contributed by atoms with Crippen molar-refractivity contribution in [3.63, 3.8) is 0 Å². The normalized spacial score (nSPS) is 10.8. The first kappa shape index (κ1) is 19.1. The van der Waals surface area contributed by atoms with E-state index in [1.807, 2.05) is 25.1 Å². The highest BCUT2D eigenvalue weighted by Gasteiger charge is 2.07. The number of ether oxygens (including phenoxy) is 2. The Hall–Kier alpha value is -2.28. The number of amides is 1. The van der Waals surface area contributed by atoms with Gasteiger partial charge in [0.15, 0.2) is 11.5 Å². The summed E-state index contributed by atoms with van der Waals surface area (Å²) in [5, 5.41) is 3.98. The van der Waals surface area contributed by atoms with Gasteiger partial charge in [0.1, 0.15) is 5.69 Å². The number of aromatic nitrogens is 1. The maximum absolute atomic E-state index is 11.9. The molecule has 1 aromatic heterocycles. The lowest BCUT2D eigenvalue weighted by Crippen LogP contribution is -2.17. The molecule has 0 radical (unpaired) electrons. The summed E-state index contributed by atoms with van der Waals surface area (Å²) in [7, 11) is 0. The number of hydrogen-bond donors (Lipinski definition) is 2. The minimum absolute atomic E-state index is 0.313. The molecule has 0 saturated carbocycles. The topological polar surface area (TPSA) is 75.7 Å². The smallest absolute Gasteiger partial charge is 0.287 e. The van der Waals surface area contributed by atoms with E-state index in [4.69, 9.17) is 9.47 Å². The monoisotopic (exact) mass is 407 g/mol. The molecular formula is C18H22BrN3O3. The molecule has 0 aliphatic rings. The predicted molar refractivity (Wildman–Crippen MR) is 102 cm³/mol. The van der Waals surface area contributed by atoms with Crippen LogP contribution >= 0.6 is 15.9 Å². The standard InChI is InChI=1S/C18H22BrN3O3/c1-3-5-8-25-16-7-6-13(9-17(16)24-4-2)11-21-22-18(23)15-10-14(19)12-20-15/h6-7,9-12,20H,3-5,8H2,1-2H3,(H,22,23)/b21-11-. The molecule has 1 heterocycles. The number of nitrogens with one attached hydrogen (secondary N) is 2. The predicted octanol–water partition coefficient (Wildman–Crippen LogP) is 4.12. The third kappa shape index (κ3) is 5.94. The highest BCUT2D eigenvalue weighted by atomic mass is 79.9. The van der Waals surface area contributed by atoms with E-state index in [-0.39, 0.29) is 5.91 Å². The number of halogens is 1. The SMILES string of the molecule is CCCCOc1ccc(/C=N\NC(=O)c2cc(Br)c[nH]2)cc1OCC. The molecule has 6 nitrogen and oxygen atoms in total. The van der Waals surface area contributed by atoms with E-state index >= 15 is 0 Å². The van der Waals surface area contributed by atoms with Crippen molar-refractivity contribution in [2.24, 2.45) is 5.10 Å². The second kappa shape index (κ2) is 9.88. The highest BCUT2D eigenvalue weighted by Crippen LogP contribution is 2.28. The number of unbranched alkanes of at least 4 members (excludes halogenated alkanes) is 1. The molecule has 2 rings (SSSR count). The Morgan fingerprint density at radius 2 is 2.12 bits per heavy atom. The summed E-state index contributed by atoms with van der Waals surface area (Å²) >= 11 is 3.28. The van der Waals surface area contributed by atoms with Crippen LogP contribution in [0.25, 0.3) is 0 Å². The Balaban J connectivity index is 2.00. The minimum Gasteiger partial charge on any atom is -0.490 e. The summed E-state index contributed by atoms with van der Waals surface area (Å²) in [4.78, 5) is 14.7. The van der Waals surface area contributed by atoms with E-state index in [9.17, 15) is 4.79 Å². The van der Waals surface area contributed by atoms with Crippen molar-refractivity contribution < 1.29 is 14.3 Å². The molecule has 0 bridgehead atoms. The number of aromatic amines is 1.